The lowest BCUT2D eigenvalue weighted by atomic mass is 10.5. The number of thioether (sulfide) groups is 1. The van der Waals surface area contributed by atoms with Crippen LogP contribution in [0.5, 0.6) is 0 Å². The Bertz CT molecular complexity index is 57.7. The van der Waals surface area contributed by atoms with E-state index in [2.05, 4.69) is 0 Å². The van der Waals surface area contributed by atoms with Crippen molar-refractivity contribution >= 4 is 22.2 Å². The smallest absolute Gasteiger partial charge is 0.145 e. The van der Waals surface area contributed by atoms with Crippen LogP contribution in [0.2, 0.25) is 0 Å². The number of rotatable bonds is 7. The van der Waals surface area contributed by atoms with Gasteiger partial charge in [-0.1, -0.05) is 0 Å². The van der Waals surface area contributed by atoms with Crippen LogP contribution in [-0.4, -0.2) is 35.1 Å². The highest BCUT2D eigenvalue weighted by molar-refractivity contribution is 7.99. The fraction of sp³-hybridized carbons (Fsp3) is 1.00. The Morgan fingerprint density at radius 3 is 2.60 bits per heavy atom. The van der Waals surface area contributed by atoms with E-state index in [-0.39, 0.29) is 0 Å². The van der Waals surface area contributed by atoms with Crippen molar-refractivity contribution in [3.8, 4) is 0 Å². The summed E-state index contributed by atoms with van der Waals surface area (Å²) in [5.41, 5.74) is 5.34. The van der Waals surface area contributed by atoms with E-state index in [9.17, 15) is 0 Å². The molecule has 0 aromatic carbocycles. The Kier molecular flexibility index (Phi) is 9.95. The molecule has 0 rings (SSSR count). The van der Waals surface area contributed by atoms with Crippen LogP contribution in [0, 0.1) is 0 Å². The second kappa shape index (κ2) is 9.49. The SMILES string of the molecule is NCCCSCCCO[SiH3]. The molecular weight excluding hydrogens is 162 g/mol. The summed E-state index contributed by atoms with van der Waals surface area (Å²) < 4.78 is 5.05. The molecule has 0 saturated heterocycles. The van der Waals surface area contributed by atoms with Gasteiger partial charge in [0.1, 0.15) is 10.5 Å². The molecule has 62 valence electrons. The van der Waals surface area contributed by atoms with E-state index in [1.54, 1.807) is 0 Å². The Hall–Kier alpha value is 0.487. The summed E-state index contributed by atoms with van der Waals surface area (Å²) in [7, 11) is 0.880. The lowest BCUT2D eigenvalue weighted by molar-refractivity contribution is 0.350. The van der Waals surface area contributed by atoms with Crippen molar-refractivity contribution in [1.82, 2.24) is 0 Å². The van der Waals surface area contributed by atoms with Gasteiger partial charge in [0.05, 0.1) is 0 Å². The van der Waals surface area contributed by atoms with Crippen molar-refractivity contribution in [2.45, 2.75) is 12.8 Å². The molecule has 0 amide bonds. The highest BCUT2D eigenvalue weighted by Crippen LogP contribution is 2.03. The summed E-state index contributed by atoms with van der Waals surface area (Å²) in [6, 6.07) is 0. The first-order valence-electron chi connectivity index (χ1n) is 3.68. The molecule has 0 atom stereocenters. The molecule has 0 radical (unpaired) electrons. The maximum Gasteiger partial charge on any atom is 0.145 e. The molecule has 0 aromatic heterocycles. The molecule has 0 fully saturated rings. The van der Waals surface area contributed by atoms with Crippen molar-refractivity contribution < 1.29 is 4.43 Å². The third kappa shape index (κ3) is 8.49. The van der Waals surface area contributed by atoms with Crippen LogP contribution < -0.4 is 5.73 Å². The van der Waals surface area contributed by atoms with Gasteiger partial charge in [0.25, 0.3) is 0 Å². The van der Waals surface area contributed by atoms with Crippen molar-refractivity contribution in [3.63, 3.8) is 0 Å². The van der Waals surface area contributed by atoms with Crippen molar-refractivity contribution in [3.05, 3.63) is 0 Å². The molecule has 0 bridgehead atoms. The summed E-state index contributed by atoms with van der Waals surface area (Å²) in [6.45, 7) is 1.77. The van der Waals surface area contributed by atoms with Crippen molar-refractivity contribution in [1.29, 1.82) is 0 Å². The van der Waals surface area contributed by atoms with Crippen molar-refractivity contribution in [2.75, 3.05) is 24.7 Å². The Morgan fingerprint density at radius 2 is 2.00 bits per heavy atom. The van der Waals surface area contributed by atoms with E-state index in [1.807, 2.05) is 11.8 Å². The van der Waals surface area contributed by atoms with E-state index in [0.29, 0.717) is 0 Å². The monoisotopic (exact) mass is 179 g/mol. The molecule has 10 heavy (non-hydrogen) atoms. The molecule has 2 N–H and O–H groups in total. The first kappa shape index (κ1) is 10.5. The first-order valence-corrected chi connectivity index (χ1v) is 5.65. The number of hydrogen-bond donors (Lipinski definition) is 1. The molecule has 2 nitrogen and oxygen atoms in total. The molecule has 0 heterocycles. The van der Waals surface area contributed by atoms with Gasteiger partial charge in [-0.25, -0.2) is 0 Å². The van der Waals surface area contributed by atoms with Gasteiger partial charge in [-0.15, -0.1) is 0 Å². The van der Waals surface area contributed by atoms with E-state index < -0.39 is 0 Å². The summed E-state index contributed by atoms with van der Waals surface area (Å²) in [5.74, 6) is 2.43. The summed E-state index contributed by atoms with van der Waals surface area (Å²) in [4.78, 5) is 0. The van der Waals surface area contributed by atoms with Crippen LogP contribution in [-0.2, 0) is 4.43 Å². The van der Waals surface area contributed by atoms with Crippen LogP contribution in [0.3, 0.4) is 0 Å². The topological polar surface area (TPSA) is 35.2 Å². The zero-order valence-electron chi connectivity index (χ0n) is 6.64. The van der Waals surface area contributed by atoms with Crippen LogP contribution in [0.1, 0.15) is 12.8 Å². The van der Waals surface area contributed by atoms with Gasteiger partial charge in [-0.2, -0.15) is 11.8 Å². The second-order valence-electron chi connectivity index (χ2n) is 2.10. The minimum Gasteiger partial charge on any atom is -0.428 e. The first-order chi connectivity index (χ1) is 4.91. The molecule has 0 unspecified atom stereocenters. The minimum absolute atomic E-state index is 0.824. The molecule has 0 aliphatic heterocycles. The number of nitrogens with two attached hydrogens (primary N) is 1. The number of hydrogen-bond acceptors (Lipinski definition) is 3. The maximum atomic E-state index is 5.34. The molecule has 0 aliphatic carbocycles. The van der Waals surface area contributed by atoms with E-state index in [4.69, 9.17) is 10.2 Å². The van der Waals surface area contributed by atoms with Gasteiger partial charge in [0.2, 0.25) is 0 Å². The van der Waals surface area contributed by atoms with E-state index in [1.165, 1.54) is 17.9 Å². The summed E-state index contributed by atoms with van der Waals surface area (Å²) >= 11 is 1.97. The third-order valence-corrected chi connectivity index (χ3v) is 2.69. The largest absolute Gasteiger partial charge is 0.428 e. The molecule has 0 spiro atoms. The molecule has 4 heteroatoms. The van der Waals surface area contributed by atoms with Crippen LogP contribution in [0.15, 0.2) is 0 Å². The Balaban J connectivity index is 2.65. The van der Waals surface area contributed by atoms with Crippen molar-refractivity contribution in [2.24, 2.45) is 5.73 Å². The molecule has 0 aromatic rings. The van der Waals surface area contributed by atoms with Gasteiger partial charge < -0.3 is 10.2 Å². The highest BCUT2D eigenvalue weighted by Gasteiger charge is 1.87. The predicted molar refractivity (Wildman–Crippen MR) is 51.5 cm³/mol. The Labute approximate surface area is 70.4 Å². The quantitative estimate of drug-likeness (QED) is 0.433. The van der Waals surface area contributed by atoms with Gasteiger partial charge in [-0.3, -0.25) is 0 Å². The van der Waals surface area contributed by atoms with Gasteiger partial charge in [0.15, 0.2) is 0 Å². The zero-order valence-corrected chi connectivity index (χ0v) is 9.45. The fourth-order valence-corrected chi connectivity index (χ4v) is 1.78. The fourth-order valence-electron chi connectivity index (χ4n) is 0.593. The lowest BCUT2D eigenvalue weighted by Crippen LogP contribution is -2.00. The average Bonchev–Trinajstić information content (AvgIpc) is 1.97. The third-order valence-electron chi connectivity index (χ3n) is 1.13. The zero-order chi connectivity index (χ0) is 7.66. The van der Waals surface area contributed by atoms with E-state index in [0.717, 1.165) is 30.1 Å². The molecule has 0 aliphatic rings. The lowest BCUT2D eigenvalue weighted by Gasteiger charge is -1.99. The average molecular weight is 179 g/mol. The van der Waals surface area contributed by atoms with Gasteiger partial charge in [-0.05, 0) is 30.9 Å². The normalized spacial score (nSPS) is 10.5. The maximum absolute atomic E-state index is 5.34. The van der Waals surface area contributed by atoms with E-state index >= 15 is 0 Å². The predicted octanol–water partition coefficient (Wildman–Crippen LogP) is -0.244. The summed E-state index contributed by atoms with van der Waals surface area (Å²) in [5, 5.41) is 0. The molecule has 0 saturated carbocycles. The van der Waals surface area contributed by atoms with Crippen LogP contribution in [0.4, 0.5) is 0 Å². The minimum atomic E-state index is 0.824. The van der Waals surface area contributed by atoms with Crippen LogP contribution in [0.25, 0.3) is 0 Å². The Morgan fingerprint density at radius 1 is 1.30 bits per heavy atom. The van der Waals surface area contributed by atoms with Crippen LogP contribution >= 0.6 is 11.8 Å². The standard InChI is InChI=1S/C6H17NOSSi/c7-3-1-5-9-6-2-4-8-10/h1-7H2,10H3. The summed E-state index contributed by atoms with van der Waals surface area (Å²) in [6.07, 6.45) is 2.34. The highest BCUT2D eigenvalue weighted by atomic mass is 32.2. The molecular formula is C6H17NOSSi. The van der Waals surface area contributed by atoms with Gasteiger partial charge >= 0.3 is 0 Å². The van der Waals surface area contributed by atoms with Gasteiger partial charge in [0, 0.05) is 6.61 Å². The second-order valence-corrected chi connectivity index (χ2v) is 3.90.